The van der Waals surface area contributed by atoms with E-state index in [1.807, 2.05) is 0 Å². The zero-order valence-electron chi connectivity index (χ0n) is 13.5. The van der Waals surface area contributed by atoms with Crippen LogP contribution in [-0.4, -0.2) is 50.6 Å². The number of aryl methyl sites for hydroxylation is 1. The van der Waals surface area contributed by atoms with Gasteiger partial charge in [-0.15, -0.1) is 0 Å². The molecule has 0 aliphatic carbocycles. The average Bonchev–Trinajstić information content (AvgIpc) is 2.92. The van der Waals surface area contributed by atoms with Crippen molar-refractivity contribution in [2.45, 2.75) is 32.4 Å². The van der Waals surface area contributed by atoms with Gasteiger partial charge in [0.25, 0.3) is 0 Å². The van der Waals surface area contributed by atoms with Crippen molar-refractivity contribution in [2.24, 2.45) is 5.92 Å². The Balaban J connectivity index is 1.66. The molecule has 1 aromatic rings. The van der Waals surface area contributed by atoms with Gasteiger partial charge in [0.2, 0.25) is 0 Å². The molecule has 2 saturated heterocycles. The van der Waals surface area contributed by atoms with Gasteiger partial charge >= 0.3 is 0 Å². The van der Waals surface area contributed by atoms with E-state index in [0.717, 1.165) is 43.6 Å². The fraction of sp³-hybridized carbons (Fsp3) is 0.647. The van der Waals surface area contributed by atoms with Crippen LogP contribution in [0.3, 0.4) is 0 Å². The summed E-state index contributed by atoms with van der Waals surface area (Å²) in [5, 5.41) is 0. The fourth-order valence-corrected chi connectivity index (χ4v) is 5.61. The molecule has 4 nitrogen and oxygen atoms in total. The lowest BCUT2D eigenvalue weighted by atomic mass is 10.1. The largest absolute Gasteiger partial charge is 0.377 e. The lowest BCUT2D eigenvalue weighted by Crippen LogP contribution is -2.45. The van der Waals surface area contributed by atoms with Crippen LogP contribution in [0.2, 0.25) is 0 Å². The van der Waals surface area contributed by atoms with Gasteiger partial charge in [-0.3, -0.25) is 4.90 Å². The Morgan fingerprint density at radius 2 is 2.09 bits per heavy atom. The van der Waals surface area contributed by atoms with Crippen LogP contribution < -0.4 is 0 Å². The van der Waals surface area contributed by atoms with E-state index in [1.165, 1.54) is 11.1 Å². The van der Waals surface area contributed by atoms with Gasteiger partial charge in [0.15, 0.2) is 9.84 Å². The lowest BCUT2D eigenvalue weighted by Gasteiger charge is -2.33. The molecule has 2 aliphatic heterocycles. The zero-order valence-corrected chi connectivity index (χ0v) is 15.9. The smallest absolute Gasteiger partial charge is 0.151 e. The predicted octanol–water partition coefficient (Wildman–Crippen LogP) is 2.78. The maximum Gasteiger partial charge on any atom is 0.151 e. The van der Waals surface area contributed by atoms with Gasteiger partial charge in [-0.05, 0) is 42.9 Å². The van der Waals surface area contributed by atoms with Gasteiger partial charge in [-0.25, -0.2) is 8.42 Å². The Morgan fingerprint density at radius 3 is 2.70 bits per heavy atom. The van der Waals surface area contributed by atoms with Gasteiger partial charge in [0.1, 0.15) is 0 Å². The Morgan fingerprint density at radius 1 is 1.30 bits per heavy atom. The van der Waals surface area contributed by atoms with Crippen molar-refractivity contribution < 1.29 is 13.2 Å². The van der Waals surface area contributed by atoms with Gasteiger partial charge < -0.3 is 4.74 Å². The van der Waals surface area contributed by atoms with E-state index in [1.54, 1.807) is 0 Å². The zero-order chi connectivity index (χ0) is 16.4. The topological polar surface area (TPSA) is 46.6 Å². The molecule has 0 radical (unpaired) electrons. The Bertz CT molecular complexity index is 644. The predicted molar refractivity (Wildman–Crippen MR) is 95.3 cm³/mol. The molecule has 0 N–H and O–H groups in total. The van der Waals surface area contributed by atoms with E-state index in [-0.39, 0.29) is 12.0 Å². The molecule has 0 amide bonds. The quantitative estimate of drug-likeness (QED) is 0.734. The standard InChI is InChI=1S/C17H24BrNO3S/c1-13-4-5-15(17(18)7-13)9-19(10-16-3-2-6-22-16)8-14-11-23(20,21)12-14/h4-5,7,14,16H,2-3,6,8-12H2,1H3. The monoisotopic (exact) mass is 401 g/mol. The van der Waals surface area contributed by atoms with Crippen molar-refractivity contribution in [1.29, 1.82) is 0 Å². The van der Waals surface area contributed by atoms with Crippen LogP contribution >= 0.6 is 15.9 Å². The van der Waals surface area contributed by atoms with Crippen molar-refractivity contribution in [3.8, 4) is 0 Å². The van der Waals surface area contributed by atoms with Gasteiger partial charge in [-0.2, -0.15) is 0 Å². The molecule has 1 atom stereocenters. The molecule has 1 aromatic carbocycles. The normalized spacial score (nSPS) is 24.0. The summed E-state index contributed by atoms with van der Waals surface area (Å²) in [5.74, 6) is 0.944. The molecule has 23 heavy (non-hydrogen) atoms. The fourth-order valence-electron chi connectivity index (χ4n) is 3.44. The van der Waals surface area contributed by atoms with Gasteiger partial charge in [-0.1, -0.05) is 28.1 Å². The highest BCUT2D eigenvalue weighted by Gasteiger charge is 2.35. The molecule has 128 valence electrons. The first-order chi connectivity index (χ1) is 10.9. The summed E-state index contributed by atoms with van der Waals surface area (Å²) in [7, 11) is -2.76. The maximum absolute atomic E-state index is 11.4. The third-order valence-electron chi connectivity index (χ3n) is 4.58. The molecule has 3 rings (SSSR count). The van der Waals surface area contributed by atoms with E-state index >= 15 is 0 Å². The highest BCUT2D eigenvalue weighted by Crippen LogP contribution is 2.25. The lowest BCUT2D eigenvalue weighted by molar-refractivity contribution is 0.0660. The molecular weight excluding hydrogens is 378 g/mol. The minimum atomic E-state index is -2.76. The van der Waals surface area contributed by atoms with Crippen LogP contribution in [0.4, 0.5) is 0 Å². The molecule has 2 heterocycles. The van der Waals surface area contributed by atoms with E-state index < -0.39 is 9.84 Å². The number of rotatable bonds is 6. The summed E-state index contributed by atoms with van der Waals surface area (Å²) in [6.07, 6.45) is 2.52. The number of hydrogen-bond donors (Lipinski definition) is 0. The van der Waals surface area contributed by atoms with Gasteiger partial charge in [0, 0.05) is 30.7 Å². The average molecular weight is 402 g/mol. The maximum atomic E-state index is 11.4. The first kappa shape index (κ1) is 17.4. The highest BCUT2D eigenvalue weighted by atomic mass is 79.9. The van der Waals surface area contributed by atoms with Crippen LogP contribution in [0.5, 0.6) is 0 Å². The molecular formula is C17H24BrNO3S. The van der Waals surface area contributed by atoms with Crippen molar-refractivity contribution in [3.05, 3.63) is 33.8 Å². The first-order valence-electron chi connectivity index (χ1n) is 8.21. The second kappa shape index (κ2) is 7.21. The number of ether oxygens (including phenoxy) is 1. The number of sulfone groups is 1. The molecule has 0 spiro atoms. The van der Waals surface area contributed by atoms with Crippen LogP contribution in [0.1, 0.15) is 24.0 Å². The minimum Gasteiger partial charge on any atom is -0.377 e. The molecule has 2 aliphatic rings. The highest BCUT2D eigenvalue weighted by molar-refractivity contribution is 9.10. The molecule has 1 unspecified atom stereocenters. The van der Waals surface area contributed by atoms with Crippen LogP contribution in [-0.2, 0) is 21.1 Å². The Hall–Kier alpha value is -0.430. The summed E-state index contributed by atoms with van der Waals surface area (Å²) in [6.45, 7) is 5.48. The summed E-state index contributed by atoms with van der Waals surface area (Å²) in [6, 6.07) is 6.41. The van der Waals surface area contributed by atoms with Gasteiger partial charge in [0.05, 0.1) is 17.6 Å². The summed E-state index contributed by atoms with van der Waals surface area (Å²) < 4.78 is 29.7. The second-order valence-electron chi connectivity index (χ2n) is 6.87. The first-order valence-corrected chi connectivity index (χ1v) is 10.8. The van der Waals surface area contributed by atoms with Crippen LogP contribution in [0.15, 0.2) is 22.7 Å². The van der Waals surface area contributed by atoms with E-state index in [0.29, 0.717) is 11.5 Å². The SMILES string of the molecule is Cc1ccc(CN(CC2CS(=O)(=O)C2)CC2CCCO2)c(Br)c1. The summed E-state index contributed by atoms with van der Waals surface area (Å²) in [4.78, 5) is 2.37. The van der Waals surface area contributed by atoms with Crippen molar-refractivity contribution >= 4 is 25.8 Å². The molecule has 6 heteroatoms. The minimum absolute atomic E-state index is 0.269. The van der Waals surface area contributed by atoms with Crippen molar-refractivity contribution in [3.63, 3.8) is 0 Å². The molecule has 0 aromatic heterocycles. The van der Waals surface area contributed by atoms with Crippen LogP contribution in [0, 0.1) is 12.8 Å². The third kappa shape index (κ3) is 4.78. The van der Waals surface area contributed by atoms with Crippen molar-refractivity contribution in [2.75, 3.05) is 31.2 Å². The van der Waals surface area contributed by atoms with Crippen LogP contribution in [0.25, 0.3) is 0 Å². The molecule has 2 fully saturated rings. The molecule has 0 saturated carbocycles. The Labute approximate surface area is 147 Å². The number of benzene rings is 1. The van der Waals surface area contributed by atoms with E-state index in [2.05, 4.69) is 46.0 Å². The van der Waals surface area contributed by atoms with E-state index in [9.17, 15) is 8.42 Å². The summed E-state index contributed by atoms with van der Waals surface area (Å²) in [5.41, 5.74) is 2.48. The summed E-state index contributed by atoms with van der Waals surface area (Å²) >= 11 is 3.65. The van der Waals surface area contributed by atoms with E-state index in [4.69, 9.17) is 4.74 Å². The Kier molecular flexibility index (Phi) is 5.46. The molecule has 0 bridgehead atoms. The third-order valence-corrected chi connectivity index (χ3v) is 7.28. The van der Waals surface area contributed by atoms with Crippen molar-refractivity contribution in [1.82, 2.24) is 4.90 Å². The second-order valence-corrected chi connectivity index (χ2v) is 9.88. The number of halogens is 1. The number of nitrogens with zero attached hydrogens (tertiary/aromatic N) is 1. The number of hydrogen-bond acceptors (Lipinski definition) is 4.